The van der Waals surface area contributed by atoms with E-state index in [4.69, 9.17) is 5.73 Å². The molecule has 0 radical (unpaired) electrons. The number of halogens is 4. The van der Waals surface area contributed by atoms with Gasteiger partial charge in [0.05, 0.1) is 0 Å². The van der Waals surface area contributed by atoms with Gasteiger partial charge >= 0.3 is 6.36 Å². The largest absolute Gasteiger partial charge is 0.573 e. The van der Waals surface area contributed by atoms with E-state index in [-0.39, 0.29) is 11.4 Å². The lowest BCUT2D eigenvalue weighted by atomic mass is 10.0. The minimum atomic E-state index is -4.76. The maximum absolute atomic E-state index is 12.9. The molecule has 2 aromatic carbocycles. The Kier molecular flexibility index (Phi) is 3.33. The maximum Gasteiger partial charge on any atom is 0.573 e. The monoisotopic (exact) mass is 271 g/mol. The van der Waals surface area contributed by atoms with Gasteiger partial charge in [-0.1, -0.05) is 12.1 Å². The Hall–Kier alpha value is -2.24. The number of hydrogen-bond donors (Lipinski definition) is 1. The van der Waals surface area contributed by atoms with Crippen molar-refractivity contribution < 1.29 is 22.3 Å². The van der Waals surface area contributed by atoms with Crippen LogP contribution in [0.3, 0.4) is 0 Å². The highest BCUT2D eigenvalue weighted by molar-refractivity contribution is 5.76. The second-order valence-electron chi connectivity index (χ2n) is 3.81. The van der Waals surface area contributed by atoms with Crippen molar-refractivity contribution in [3.05, 3.63) is 48.3 Å². The highest BCUT2D eigenvalue weighted by Gasteiger charge is 2.31. The zero-order valence-electron chi connectivity index (χ0n) is 9.54. The minimum Gasteiger partial charge on any atom is -0.406 e. The van der Waals surface area contributed by atoms with E-state index in [0.29, 0.717) is 11.1 Å². The molecule has 0 atom stereocenters. The van der Waals surface area contributed by atoms with Gasteiger partial charge in [-0.05, 0) is 35.9 Å². The highest BCUT2D eigenvalue weighted by Crippen LogP contribution is 2.31. The van der Waals surface area contributed by atoms with Crippen LogP contribution in [-0.4, -0.2) is 6.36 Å². The third-order valence-electron chi connectivity index (χ3n) is 2.39. The van der Waals surface area contributed by atoms with E-state index in [1.807, 2.05) is 0 Å². The van der Waals surface area contributed by atoms with Gasteiger partial charge in [0.1, 0.15) is 11.6 Å². The molecule has 0 aliphatic rings. The number of nitrogen functional groups attached to an aromatic ring is 1. The SMILES string of the molecule is Nc1cc(F)ccc1-c1cccc(OC(F)(F)F)c1. The van der Waals surface area contributed by atoms with Gasteiger partial charge in [-0.3, -0.25) is 0 Å². The standard InChI is InChI=1S/C13H9F4NO/c14-9-4-5-11(12(18)7-9)8-2-1-3-10(6-8)19-13(15,16)17/h1-7H,18H2. The molecule has 0 amide bonds. The van der Waals surface area contributed by atoms with Crippen molar-refractivity contribution >= 4 is 5.69 Å². The predicted octanol–water partition coefficient (Wildman–Crippen LogP) is 3.97. The van der Waals surface area contributed by atoms with Crippen molar-refractivity contribution in [2.24, 2.45) is 0 Å². The number of rotatable bonds is 2. The maximum atomic E-state index is 12.9. The summed E-state index contributed by atoms with van der Waals surface area (Å²) in [4.78, 5) is 0. The average molecular weight is 271 g/mol. The number of benzene rings is 2. The molecule has 2 aromatic rings. The quantitative estimate of drug-likeness (QED) is 0.662. The zero-order chi connectivity index (χ0) is 14.0. The predicted molar refractivity (Wildman–Crippen MR) is 62.9 cm³/mol. The van der Waals surface area contributed by atoms with Crippen LogP contribution in [0.15, 0.2) is 42.5 Å². The van der Waals surface area contributed by atoms with Crippen LogP contribution in [-0.2, 0) is 0 Å². The van der Waals surface area contributed by atoms with Crippen LogP contribution < -0.4 is 10.5 Å². The van der Waals surface area contributed by atoms with Gasteiger partial charge in [0, 0.05) is 11.3 Å². The average Bonchev–Trinajstić information content (AvgIpc) is 2.26. The summed E-state index contributed by atoms with van der Waals surface area (Å²) in [7, 11) is 0. The molecule has 2 nitrogen and oxygen atoms in total. The van der Waals surface area contributed by atoms with Crippen molar-refractivity contribution in [3.63, 3.8) is 0 Å². The van der Waals surface area contributed by atoms with Gasteiger partial charge in [0.2, 0.25) is 0 Å². The van der Waals surface area contributed by atoms with E-state index < -0.39 is 12.2 Å². The summed E-state index contributed by atoms with van der Waals surface area (Å²) in [6.45, 7) is 0. The molecule has 0 aromatic heterocycles. The Morgan fingerprint density at radius 1 is 1.00 bits per heavy atom. The second kappa shape index (κ2) is 4.79. The van der Waals surface area contributed by atoms with Crippen LogP contribution in [0.1, 0.15) is 0 Å². The van der Waals surface area contributed by atoms with E-state index >= 15 is 0 Å². The van der Waals surface area contributed by atoms with Gasteiger partial charge in [-0.25, -0.2) is 4.39 Å². The lowest BCUT2D eigenvalue weighted by Crippen LogP contribution is -2.17. The molecular weight excluding hydrogens is 262 g/mol. The number of hydrogen-bond acceptors (Lipinski definition) is 2. The molecule has 19 heavy (non-hydrogen) atoms. The van der Waals surface area contributed by atoms with E-state index in [1.54, 1.807) is 6.07 Å². The molecule has 100 valence electrons. The number of anilines is 1. The third kappa shape index (κ3) is 3.37. The number of nitrogens with two attached hydrogens (primary N) is 1. The van der Waals surface area contributed by atoms with Crippen LogP contribution in [0.5, 0.6) is 5.75 Å². The first kappa shape index (κ1) is 13.2. The molecule has 0 unspecified atom stereocenters. The molecule has 2 N–H and O–H groups in total. The van der Waals surface area contributed by atoms with Crippen molar-refractivity contribution in [2.45, 2.75) is 6.36 Å². The Bertz CT molecular complexity index is 595. The Morgan fingerprint density at radius 3 is 2.37 bits per heavy atom. The summed E-state index contributed by atoms with van der Waals surface area (Å²) in [5.74, 6) is -0.863. The summed E-state index contributed by atoms with van der Waals surface area (Å²) < 4.78 is 53.1. The van der Waals surface area contributed by atoms with Crippen LogP contribution in [0, 0.1) is 5.82 Å². The first-order valence-corrected chi connectivity index (χ1v) is 5.26. The molecule has 0 heterocycles. The summed E-state index contributed by atoms with van der Waals surface area (Å²) in [6, 6.07) is 9.02. The van der Waals surface area contributed by atoms with Gasteiger partial charge in [0.25, 0.3) is 0 Å². The van der Waals surface area contributed by atoms with Gasteiger partial charge in [-0.15, -0.1) is 13.2 Å². The molecule has 6 heteroatoms. The third-order valence-corrected chi connectivity index (χ3v) is 2.39. The normalized spacial score (nSPS) is 11.4. The minimum absolute atomic E-state index is 0.143. The van der Waals surface area contributed by atoms with Gasteiger partial charge in [0.15, 0.2) is 0 Å². The fourth-order valence-electron chi connectivity index (χ4n) is 1.66. The molecule has 0 saturated heterocycles. The van der Waals surface area contributed by atoms with Gasteiger partial charge < -0.3 is 10.5 Å². The lowest BCUT2D eigenvalue weighted by Gasteiger charge is -2.11. The molecule has 0 bridgehead atoms. The Balaban J connectivity index is 2.38. The smallest absolute Gasteiger partial charge is 0.406 e. The molecule has 2 rings (SSSR count). The Morgan fingerprint density at radius 2 is 1.74 bits per heavy atom. The van der Waals surface area contributed by atoms with E-state index in [1.165, 1.54) is 30.3 Å². The number of ether oxygens (including phenoxy) is 1. The second-order valence-corrected chi connectivity index (χ2v) is 3.81. The summed E-state index contributed by atoms with van der Waals surface area (Å²) in [5.41, 5.74) is 6.63. The molecule has 0 aliphatic heterocycles. The molecule has 0 saturated carbocycles. The topological polar surface area (TPSA) is 35.2 Å². The first-order valence-electron chi connectivity index (χ1n) is 5.26. The fourth-order valence-corrected chi connectivity index (χ4v) is 1.66. The van der Waals surface area contributed by atoms with E-state index in [9.17, 15) is 17.6 Å². The van der Waals surface area contributed by atoms with Gasteiger partial charge in [-0.2, -0.15) is 0 Å². The van der Waals surface area contributed by atoms with Crippen LogP contribution in [0.4, 0.5) is 23.2 Å². The van der Waals surface area contributed by atoms with Crippen molar-refractivity contribution in [2.75, 3.05) is 5.73 Å². The van der Waals surface area contributed by atoms with Crippen LogP contribution in [0.2, 0.25) is 0 Å². The van der Waals surface area contributed by atoms with Crippen LogP contribution in [0.25, 0.3) is 11.1 Å². The zero-order valence-corrected chi connectivity index (χ0v) is 9.54. The fraction of sp³-hybridized carbons (Fsp3) is 0.0769. The number of alkyl halides is 3. The van der Waals surface area contributed by atoms with Crippen molar-refractivity contribution in [1.29, 1.82) is 0 Å². The molecular formula is C13H9F4NO. The van der Waals surface area contributed by atoms with E-state index in [2.05, 4.69) is 4.74 Å². The molecule has 0 fully saturated rings. The summed E-state index contributed by atoms with van der Waals surface area (Å²) >= 11 is 0. The first-order chi connectivity index (χ1) is 8.85. The molecule has 0 spiro atoms. The van der Waals surface area contributed by atoms with E-state index in [0.717, 1.165) is 6.07 Å². The van der Waals surface area contributed by atoms with Crippen molar-refractivity contribution in [1.82, 2.24) is 0 Å². The lowest BCUT2D eigenvalue weighted by molar-refractivity contribution is -0.274. The summed E-state index contributed by atoms with van der Waals surface area (Å²) in [5, 5.41) is 0. The summed E-state index contributed by atoms with van der Waals surface area (Å²) in [6.07, 6.45) is -4.76. The Labute approximate surface area is 106 Å². The molecule has 0 aliphatic carbocycles. The highest BCUT2D eigenvalue weighted by atomic mass is 19.4. The van der Waals surface area contributed by atoms with Crippen molar-refractivity contribution in [3.8, 4) is 16.9 Å². The van der Waals surface area contributed by atoms with Crippen LogP contribution >= 0.6 is 0 Å².